The largest absolute Gasteiger partial charge is 0.345 e. The molecule has 0 unspecified atom stereocenters. The Bertz CT molecular complexity index is 706. The molecule has 0 aliphatic carbocycles. The summed E-state index contributed by atoms with van der Waals surface area (Å²) in [7, 11) is 0. The molecule has 0 spiro atoms. The number of pyridine rings is 2. The summed E-state index contributed by atoms with van der Waals surface area (Å²) in [5, 5.41) is 2.83. The third kappa shape index (κ3) is 2.30. The molecule has 94 valence electrons. The van der Waals surface area contributed by atoms with Gasteiger partial charge in [0.1, 0.15) is 11.3 Å². The van der Waals surface area contributed by atoms with Crippen molar-refractivity contribution < 1.29 is 4.79 Å². The molecule has 0 saturated carbocycles. The van der Waals surface area contributed by atoms with E-state index < -0.39 is 0 Å². The minimum absolute atomic E-state index is 0.163. The zero-order chi connectivity index (χ0) is 13.1. The molecule has 3 heterocycles. The van der Waals surface area contributed by atoms with E-state index in [9.17, 15) is 4.79 Å². The molecule has 0 radical (unpaired) electrons. The third-order valence-corrected chi connectivity index (χ3v) is 2.81. The van der Waals surface area contributed by atoms with Gasteiger partial charge in [0.15, 0.2) is 0 Å². The highest BCUT2D eigenvalue weighted by molar-refractivity contribution is 5.93. The molecule has 1 amide bonds. The summed E-state index contributed by atoms with van der Waals surface area (Å²) in [6.45, 7) is 0.403. The van der Waals surface area contributed by atoms with Gasteiger partial charge >= 0.3 is 0 Å². The minimum atomic E-state index is -0.163. The summed E-state index contributed by atoms with van der Waals surface area (Å²) in [4.78, 5) is 20.4. The number of carbonyl (C=O) groups is 1. The maximum Gasteiger partial charge on any atom is 0.270 e. The Balaban J connectivity index is 1.77. The second kappa shape index (κ2) is 4.89. The zero-order valence-electron chi connectivity index (χ0n) is 10.2. The highest BCUT2D eigenvalue weighted by Gasteiger charge is 2.11. The van der Waals surface area contributed by atoms with Crippen LogP contribution in [0, 0.1) is 0 Å². The third-order valence-electron chi connectivity index (χ3n) is 2.81. The summed E-state index contributed by atoms with van der Waals surface area (Å²) >= 11 is 0. The molecule has 1 N–H and O–H groups in total. The molecule has 0 fully saturated rings. The van der Waals surface area contributed by atoms with Crippen LogP contribution in [0.15, 0.2) is 55.0 Å². The van der Waals surface area contributed by atoms with Crippen molar-refractivity contribution in [2.45, 2.75) is 6.54 Å². The van der Waals surface area contributed by atoms with Crippen molar-refractivity contribution in [1.29, 1.82) is 0 Å². The number of carbonyl (C=O) groups excluding carboxylic acids is 1. The first-order valence-corrected chi connectivity index (χ1v) is 5.95. The number of aromatic nitrogens is 3. The molecule has 5 heteroatoms. The van der Waals surface area contributed by atoms with Gasteiger partial charge in [-0.25, -0.2) is 4.98 Å². The van der Waals surface area contributed by atoms with Crippen LogP contribution in [0.4, 0.5) is 0 Å². The lowest BCUT2D eigenvalue weighted by atomic mass is 10.3. The normalized spacial score (nSPS) is 10.5. The second-order valence-corrected chi connectivity index (χ2v) is 4.08. The van der Waals surface area contributed by atoms with Gasteiger partial charge in [-0.1, -0.05) is 12.1 Å². The molecule has 0 aliphatic heterocycles. The lowest BCUT2D eigenvalue weighted by Gasteiger charge is -2.04. The number of nitrogens with one attached hydrogen (secondary N) is 1. The van der Waals surface area contributed by atoms with E-state index in [2.05, 4.69) is 15.3 Å². The summed E-state index contributed by atoms with van der Waals surface area (Å²) in [6, 6.07) is 11.2. The van der Waals surface area contributed by atoms with E-state index in [-0.39, 0.29) is 5.91 Å². The first-order valence-electron chi connectivity index (χ1n) is 5.95. The average Bonchev–Trinajstić information content (AvgIpc) is 2.90. The zero-order valence-corrected chi connectivity index (χ0v) is 10.2. The number of nitrogens with zero attached hydrogens (tertiary/aromatic N) is 3. The Hall–Kier alpha value is -2.69. The maximum atomic E-state index is 12.1. The predicted molar refractivity (Wildman–Crippen MR) is 70.6 cm³/mol. The molecular weight excluding hydrogens is 240 g/mol. The van der Waals surface area contributed by atoms with Gasteiger partial charge in [-0.2, -0.15) is 0 Å². The van der Waals surface area contributed by atoms with Crippen molar-refractivity contribution in [3.8, 4) is 0 Å². The number of hydrogen-bond acceptors (Lipinski definition) is 3. The first-order chi connectivity index (χ1) is 9.34. The van der Waals surface area contributed by atoms with Gasteiger partial charge in [0.25, 0.3) is 5.91 Å². The first kappa shape index (κ1) is 11.4. The van der Waals surface area contributed by atoms with Crippen molar-refractivity contribution in [2.24, 2.45) is 0 Å². The Morgan fingerprint density at radius 2 is 2.05 bits per heavy atom. The fraction of sp³-hybridized carbons (Fsp3) is 0.0714. The van der Waals surface area contributed by atoms with Crippen LogP contribution in [0.1, 0.15) is 16.2 Å². The molecule has 0 aromatic carbocycles. The van der Waals surface area contributed by atoms with Crippen LogP contribution in [0.3, 0.4) is 0 Å². The van der Waals surface area contributed by atoms with Crippen LogP contribution in [-0.2, 0) is 6.54 Å². The topological polar surface area (TPSA) is 59.3 Å². The van der Waals surface area contributed by atoms with Gasteiger partial charge in [0.05, 0.1) is 18.4 Å². The number of imidazole rings is 1. The Labute approximate surface area is 109 Å². The van der Waals surface area contributed by atoms with E-state index in [1.807, 2.05) is 42.6 Å². The fourth-order valence-corrected chi connectivity index (χ4v) is 1.86. The smallest absolute Gasteiger partial charge is 0.270 e. The fourth-order valence-electron chi connectivity index (χ4n) is 1.86. The second-order valence-electron chi connectivity index (χ2n) is 4.08. The van der Waals surface area contributed by atoms with Gasteiger partial charge in [-0.05, 0) is 24.3 Å². The number of hydrogen-bond donors (Lipinski definition) is 1. The number of fused-ring (bicyclic) bond motifs is 1. The van der Waals surface area contributed by atoms with Crippen LogP contribution < -0.4 is 5.32 Å². The van der Waals surface area contributed by atoms with E-state index in [4.69, 9.17) is 0 Å². The Morgan fingerprint density at radius 1 is 1.16 bits per heavy atom. The molecular formula is C14H12N4O. The van der Waals surface area contributed by atoms with Gasteiger partial charge in [-0.3, -0.25) is 14.2 Å². The van der Waals surface area contributed by atoms with Crippen molar-refractivity contribution in [3.05, 3.63) is 66.4 Å². The number of rotatable bonds is 3. The van der Waals surface area contributed by atoms with Gasteiger partial charge < -0.3 is 5.32 Å². The molecule has 3 aromatic rings. The van der Waals surface area contributed by atoms with Crippen LogP contribution in [0.2, 0.25) is 0 Å². The standard InChI is InChI=1S/C14H12N4O/c19-14(17-9-11-5-1-3-7-15-11)12-10-16-13-6-2-4-8-18(12)13/h1-8,10H,9H2,(H,17,19). The Morgan fingerprint density at radius 3 is 2.89 bits per heavy atom. The van der Waals surface area contributed by atoms with E-state index >= 15 is 0 Å². The molecule has 0 aliphatic rings. The molecule has 5 nitrogen and oxygen atoms in total. The summed E-state index contributed by atoms with van der Waals surface area (Å²) in [5.74, 6) is -0.163. The van der Waals surface area contributed by atoms with Crippen molar-refractivity contribution in [2.75, 3.05) is 0 Å². The molecule has 0 bridgehead atoms. The highest BCUT2D eigenvalue weighted by atomic mass is 16.1. The maximum absolute atomic E-state index is 12.1. The van der Waals surface area contributed by atoms with Gasteiger partial charge in [0.2, 0.25) is 0 Å². The monoisotopic (exact) mass is 252 g/mol. The van der Waals surface area contributed by atoms with E-state index in [1.165, 1.54) is 0 Å². The number of amides is 1. The van der Waals surface area contributed by atoms with E-state index in [1.54, 1.807) is 16.8 Å². The average molecular weight is 252 g/mol. The van der Waals surface area contributed by atoms with Gasteiger partial charge in [-0.15, -0.1) is 0 Å². The summed E-state index contributed by atoms with van der Waals surface area (Å²) in [5.41, 5.74) is 2.10. The van der Waals surface area contributed by atoms with Crippen LogP contribution in [0.25, 0.3) is 5.65 Å². The van der Waals surface area contributed by atoms with Crippen LogP contribution >= 0.6 is 0 Å². The molecule has 0 atom stereocenters. The summed E-state index contributed by atoms with van der Waals surface area (Å²) in [6.07, 6.45) is 5.09. The van der Waals surface area contributed by atoms with Crippen LogP contribution in [-0.4, -0.2) is 20.3 Å². The minimum Gasteiger partial charge on any atom is -0.345 e. The SMILES string of the molecule is O=C(NCc1ccccn1)c1cnc2ccccn12. The molecule has 19 heavy (non-hydrogen) atoms. The van der Waals surface area contributed by atoms with E-state index in [0.29, 0.717) is 12.2 Å². The highest BCUT2D eigenvalue weighted by Crippen LogP contribution is 2.06. The van der Waals surface area contributed by atoms with Crippen molar-refractivity contribution >= 4 is 11.6 Å². The van der Waals surface area contributed by atoms with Crippen LogP contribution in [0.5, 0.6) is 0 Å². The Kier molecular flexibility index (Phi) is 2.94. The van der Waals surface area contributed by atoms with Gasteiger partial charge in [0, 0.05) is 12.4 Å². The molecule has 3 aromatic heterocycles. The lowest BCUT2D eigenvalue weighted by Crippen LogP contribution is -2.24. The van der Waals surface area contributed by atoms with Crippen molar-refractivity contribution in [3.63, 3.8) is 0 Å². The quantitative estimate of drug-likeness (QED) is 0.771. The van der Waals surface area contributed by atoms with Crippen molar-refractivity contribution in [1.82, 2.24) is 19.7 Å². The van der Waals surface area contributed by atoms with E-state index in [0.717, 1.165) is 11.3 Å². The predicted octanol–water partition coefficient (Wildman–Crippen LogP) is 1.66. The lowest BCUT2D eigenvalue weighted by molar-refractivity contribution is 0.0944. The molecule has 3 rings (SSSR count). The summed E-state index contributed by atoms with van der Waals surface area (Å²) < 4.78 is 1.76. The molecule has 0 saturated heterocycles.